The highest BCUT2D eigenvalue weighted by Crippen LogP contribution is 2.41. The van der Waals surface area contributed by atoms with E-state index in [0.29, 0.717) is 11.8 Å². The fraction of sp³-hybridized carbons (Fsp3) is 0.667. The maximum atomic E-state index is 5.71. The summed E-state index contributed by atoms with van der Waals surface area (Å²) >= 11 is 0. The summed E-state index contributed by atoms with van der Waals surface area (Å²) in [6.45, 7) is 7.10. The SMILES string of the molecule is COC(C)(CNc1nccn2c(C(C)C)nnc12)C1CC1. The van der Waals surface area contributed by atoms with E-state index in [1.54, 1.807) is 13.3 Å². The minimum Gasteiger partial charge on any atom is -0.376 e. The van der Waals surface area contributed by atoms with Crippen molar-refractivity contribution in [2.45, 2.75) is 45.1 Å². The van der Waals surface area contributed by atoms with Crippen LogP contribution in [0.2, 0.25) is 0 Å². The molecule has 1 fully saturated rings. The van der Waals surface area contributed by atoms with Crippen LogP contribution >= 0.6 is 0 Å². The molecule has 2 heterocycles. The van der Waals surface area contributed by atoms with Crippen LogP contribution in [0.4, 0.5) is 5.82 Å². The normalized spacial score (nSPS) is 18.1. The molecule has 1 saturated carbocycles. The van der Waals surface area contributed by atoms with Crippen LogP contribution < -0.4 is 5.32 Å². The van der Waals surface area contributed by atoms with Gasteiger partial charge in [0.1, 0.15) is 5.82 Å². The molecule has 0 radical (unpaired) electrons. The number of aromatic nitrogens is 4. The zero-order valence-electron chi connectivity index (χ0n) is 13.1. The lowest BCUT2D eigenvalue weighted by atomic mass is 10.0. The quantitative estimate of drug-likeness (QED) is 0.885. The van der Waals surface area contributed by atoms with Crippen molar-refractivity contribution in [2.24, 2.45) is 5.92 Å². The number of rotatable bonds is 6. The molecule has 6 heteroatoms. The summed E-state index contributed by atoms with van der Waals surface area (Å²) < 4.78 is 7.71. The molecule has 2 aromatic heterocycles. The van der Waals surface area contributed by atoms with E-state index in [2.05, 4.69) is 41.3 Å². The number of nitrogens with one attached hydrogen (secondary N) is 1. The summed E-state index contributed by atoms with van der Waals surface area (Å²) in [4.78, 5) is 4.41. The second-order valence-electron chi connectivity index (χ2n) is 6.33. The predicted molar refractivity (Wildman–Crippen MR) is 81.5 cm³/mol. The van der Waals surface area contributed by atoms with Gasteiger partial charge in [-0.3, -0.25) is 4.40 Å². The van der Waals surface area contributed by atoms with E-state index in [1.165, 1.54) is 12.8 Å². The average molecular weight is 289 g/mol. The third kappa shape index (κ3) is 2.60. The summed E-state index contributed by atoms with van der Waals surface area (Å²) in [6, 6.07) is 0. The van der Waals surface area contributed by atoms with Gasteiger partial charge in [-0.25, -0.2) is 4.98 Å². The van der Waals surface area contributed by atoms with E-state index in [0.717, 1.165) is 23.8 Å². The van der Waals surface area contributed by atoms with Crippen LogP contribution in [-0.4, -0.2) is 38.8 Å². The van der Waals surface area contributed by atoms with Gasteiger partial charge >= 0.3 is 0 Å². The van der Waals surface area contributed by atoms with E-state index in [4.69, 9.17) is 4.74 Å². The molecule has 0 saturated heterocycles. The van der Waals surface area contributed by atoms with Crippen LogP contribution in [0.1, 0.15) is 45.4 Å². The Labute approximate surface area is 124 Å². The van der Waals surface area contributed by atoms with E-state index in [1.807, 2.05) is 10.6 Å². The summed E-state index contributed by atoms with van der Waals surface area (Å²) in [6.07, 6.45) is 6.18. The van der Waals surface area contributed by atoms with Gasteiger partial charge in [0.25, 0.3) is 0 Å². The van der Waals surface area contributed by atoms with E-state index >= 15 is 0 Å². The van der Waals surface area contributed by atoms with E-state index in [9.17, 15) is 0 Å². The second kappa shape index (κ2) is 5.26. The minimum absolute atomic E-state index is 0.143. The smallest absolute Gasteiger partial charge is 0.203 e. The summed E-state index contributed by atoms with van der Waals surface area (Å²) in [7, 11) is 1.78. The molecule has 6 nitrogen and oxygen atoms in total. The van der Waals surface area contributed by atoms with Crippen LogP contribution in [0.25, 0.3) is 5.65 Å². The molecule has 1 unspecified atom stereocenters. The number of ether oxygens (including phenoxy) is 1. The Bertz CT molecular complexity index is 634. The largest absolute Gasteiger partial charge is 0.376 e. The first-order chi connectivity index (χ1) is 10.0. The third-order valence-corrected chi connectivity index (χ3v) is 4.38. The maximum absolute atomic E-state index is 5.71. The third-order valence-electron chi connectivity index (χ3n) is 4.38. The molecule has 1 aliphatic carbocycles. The van der Waals surface area contributed by atoms with Crippen molar-refractivity contribution in [3.8, 4) is 0 Å². The van der Waals surface area contributed by atoms with Crippen LogP contribution in [0.15, 0.2) is 12.4 Å². The van der Waals surface area contributed by atoms with E-state index in [-0.39, 0.29) is 5.60 Å². The zero-order valence-corrected chi connectivity index (χ0v) is 13.1. The molecule has 0 bridgehead atoms. The lowest BCUT2D eigenvalue weighted by Crippen LogP contribution is -2.38. The highest BCUT2D eigenvalue weighted by Gasteiger charge is 2.41. The molecule has 1 N–H and O–H groups in total. The topological polar surface area (TPSA) is 64.3 Å². The maximum Gasteiger partial charge on any atom is 0.203 e. The monoisotopic (exact) mass is 289 g/mol. The van der Waals surface area contributed by atoms with E-state index < -0.39 is 0 Å². The number of fused-ring (bicyclic) bond motifs is 1. The molecular formula is C15H23N5O. The number of methoxy groups -OCH3 is 1. The van der Waals surface area contributed by atoms with Crippen molar-refractivity contribution >= 4 is 11.5 Å². The van der Waals surface area contributed by atoms with Crippen molar-refractivity contribution in [2.75, 3.05) is 19.0 Å². The van der Waals surface area contributed by atoms with Crippen molar-refractivity contribution in [3.05, 3.63) is 18.2 Å². The molecule has 0 aromatic carbocycles. The first kappa shape index (κ1) is 14.3. The molecular weight excluding hydrogens is 266 g/mol. The minimum atomic E-state index is -0.143. The Kier molecular flexibility index (Phi) is 3.57. The Balaban J connectivity index is 1.84. The molecule has 2 aromatic rings. The van der Waals surface area contributed by atoms with Gasteiger partial charge in [0.05, 0.1) is 5.60 Å². The first-order valence-electron chi connectivity index (χ1n) is 7.54. The van der Waals surface area contributed by atoms with Crippen molar-refractivity contribution < 1.29 is 4.74 Å². The van der Waals surface area contributed by atoms with Crippen LogP contribution in [-0.2, 0) is 4.74 Å². The summed E-state index contributed by atoms with van der Waals surface area (Å²) in [5.41, 5.74) is 0.630. The van der Waals surface area contributed by atoms with Crippen LogP contribution in [0.3, 0.4) is 0 Å². The zero-order chi connectivity index (χ0) is 15.0. The highest BCUT2D eigenvalue weighted by molar-refractivity contribution is 5.62. The van der Waals surface area contributed by atoms with Crippen molar-refractivity contribution in [1.29, 1.82) is 0 Å². The Morgan fingerprint density at radius 2 is 2.19 bits per heavy atom. The lowest BCUT2D eigenvalue weighted by Gasteiger charge is -2.28. The van der Waals surface area contributed by atoms with Gasteiger partial charge in [0.2, 0.25) is 5.65 Å². The number of anilines is 1. The molecule has 21 heavy (non-hydrogen) atoms. The molecule has 114 valence electrons. The fourth-order valence-corrected chi connectivity index (χ4v) is 2.70. The van der Waals surface area contributed by atoms with Gasteiger partial charge in [0.15, 0.2) is 5.82 Å². The summed E-state index contributed by atoms with van der Waals surface area (Å²) in [5, 5.41) is 11.9. The second-order valence-corrected chi connectivity index (χ2v) is 6.33. The highest BCUT2D eigenvalue weighted by atomic mass is 16.5. The average Bonchev–Trinajstić information content (AvgIpc) is 3.24. The molecule has 1 atom stereocenters. The van der Waals surface area contributed by atoms with Gasteiger partial charge in [-0.15, -0.1) is 10.2 Å². The number of hydrogen-bond donors (Lipinski definition) is 1. The van der Waals surface area contributed by atoms with Crippen LogP contribution in [0, 0.1) is 5.92 Å². The first-order valence-corrected chi connectivity index (χ1v) is 7.54. The lowest BCUT2D eigenvalue weighted by molar-refractivity contribution is -0.00162. The van der Waals surface area contributed by atoms with Gasteiger partial charge in [-0.1, -0.05) is 13.8 Å². The number of hydrogen-bond acceptors (Lipinski definition) is 5. The van der Waals surface area contributed by atoms with Crippen molar-refractivity contribution in [1.82, 2.24) is 19.6 Å². The standard InChI is InChI=1S/C15H23N5O/c1-10(2)13-18-19-14-12(16-7-8-20(13)14)17-9-15(3,21-4)11-5-6-11/h7-8,10-11H,5-6,9H2,1-4H3,(H,16,17). The molecule has 0 spiro atoms. The Hall–Kier alpha value is -1.69. The Morgan fingerprint density at radius 1 is 1.43 bits per heavy atom. The molecule has 0 aliphatic heterocycles. The van der Waals surface area contributed by atoms with Crippen LogP contribution in [0.5, 0.6) is 0 Å². The van der Waals surface area contributed by atoms with Gasteiger partial charge < -0.3 is 10.1 Å². The Morgan fingerprint density at radius 3 is 2.81 bits per heavy atom. The predicted octanol–water partition coefficient (Wildman–Crippen LogP) is 2.47. The van der Waals surface area contributed by atoms with Gasteiger partial charge in [-0.2, -0.15) is 0 Å². The summed E-state index contributed by atoms with van der Waals surface area (Å²) in [5.74, 6) is 2.68. The number of nitrogens with zero attached hydrogens (tertiary/aromatic N) is 4. The molecule has 1 aliphatic rings. The molecule has 3 rings (SSSR count). The van der Waals surface area contributed by atoms with Gasteiger partial charge in [0, 0.05) is 32.0 Å². The molecule has 0 amide bonds. The fourth-order valence-electron chi connectivity index (χ4n) is 2.70. The van der Waals surface area contributed by atoms with Crippen molar-refractivity contribution in [3.63, 3.8) is 0 Å². The van der Waals surface area contributed by atoms with Gasteiger partial charge in [-0.05, 0) is 25.7 Å².